The molecule has 1 aliphatic rings. The van der Waals surface area contributed by atoms with Gasteiger partial charge in [0.15, 0.2) is 0 Å². The third kappa shape index (κ3) is 7.15. The Labute approximate surface area is 236 Å². The van der Waals surface area contributed by atoms with E-state index < -0.39 is 0 Å². The number of H-pyrrole nitrogens is 2. The summed E-state index contributed by atoms with van der Waals surface area (Å²) >= 11 is 0. The molecular formula is C37H48N2. The SMILES string of the molecule is CCCCCCCCCCCCCCCCC1c2cc(-c3ccc[nH]3)ccc2-c2ccc(-c3ccc[nH]3)cc21. The first-order chi connectivity index (χ1) is 19.3. The molecule has 1 aliphatic carbocycles. The van der Waals surface area contributed by atoms with Gasteiger partial charge >= 0.3 is 0 Å². The third-order valence-corrected chi connectivity index (χ3v) is 8.81. The van der Waals surface area contributed by atoms with E-state index in [1.807, 2.05) is 12.4 Å². The van der Waals surface area contributed by atoms with E-state index in [0.717, 1.165) is 0 Å². The maximum absolute atomic E-state index is 3.40. The van der Waals surface area contributed by atoms with E-state index >= 15 is 0 Å². The van der Waals surface area contributed by atoms with E-state index in [0.29, 0.717) is 5.92 Å². The van der Waals surface area contributed by atoms with Gasteiger partial charge in [0.2, 0.25) is 0 Å². The smallest absolute Gasteiger partial charge is 0.0453 e. The first-order valence-corrected chi connectivity index (χ1v) is 15.9. The van der Waals surface area contributed by atoms with Crippen LogP contribution in [-0.4, -0.2) is 9.97 Å². The lowest BCUT2D eigenvalue weighted by atomic mass is 9.89. The quantitative estimate of drug-likeness (QED) is 0.130. The maximum Gasteiger partial charge on any atom is 0.0453 e. The summed E-state index contributed by atoms with van der Waals surface area (Å²) in [5, 5.41) is 0. The molecule has 0 spiro atoms. The Morgan fingerprint density at radius 3 is 1.36 bits per heavy atom. The molecule has 0 saturated carbocycles. The highest BCUT2D eigenvalue weighted by Gasteiger charge is 2.29. The predicted octanol–water partition coefficient (Wildman–Crippen LogP) is 11.7. The fourth-order valence-corrected chi connectivity index (χ4v) is 6.57. The van der Waals surface area contributed by atoms with E-state index in [4.69, 9.17) is 0 Å². The van der Waals surface area contributed by atoms with Gasteiger partial charge in [-0.25, -0.2) is 0 Å². The Morgan fingerprint density at radius 2 is 0.949 bits per heavy atom. The van der Waals surface area contributed by atoms with Crippen LogP contribution >= 0.6 is 0 Å². The molecule has 0 atom stereocenters. The Bertz CT molecular complexity index is 1170. The van der Waals surface area contributed by atoms with Gasteiger partial charge in [-0.2, -0.15) is 0 Å². The van der Waals surface area contributed by atoms with Crippen LogP contribution < -0.4 is 0 Å². The third-order valence-electron chi connectivity index (χ3n) is 8.81. The van der Waals surface area contributed by atoms with Crippen LogP contribution in [0.3, 0.4) is 0 Å². The van der Waals surface area contributed by atoms with E-state index in [9.17, 15) is 0 Å². The van der Waals surface area contributed by atoms with Crippen LogP contribution in [0.5, 0.6) is 0 Å². The van der Waals surface area contributed by atoms with Crippen molar-refractivity contribution in [2.24, 2.45) is 0 Å². The lowest BCUT2D eigenvalue weighted by molar-refractivity contribution is 0.528. The van der Waals surface area contributed by atoms with Crippen molar-refractivity contribution in [2.75, 3.05) is 0 Å². The molecule has 0 saturated heterocycles. The minimum Gasteiger partial charge on any atom is -0.361 e. The maximum atomic E-state index is 3.40. The minimum atomic E-state index is 0.483. The molecule has 0 aliphatic heterocycles. The average Bonchev–Trinajstić information content (AvgIpc) is 3.74. The molecule has 0 unspecified atom stereocenters. The van der Waals surface area contributed by atoms with E-state index in [2.05, 4.69) is 77.6 Å². The summed E-state index contributed by atoms with van der Waals surface area (Å²) in [6, 6.07) is 22.7. The molecule has 2 heteroatoms. The number of aromatic nitrogens is 2. The Balaban J connectivity index is 1.14. The number of fused-ring (bicyclic) bond motifs is 3. The molecule has 39 heavy (non-hydrogen) atoms. The zero-order valence-electron chi connectivity index (χ0n) is 24.1. The van der Waals surface area contributed by atoms with Gasteiger partial charge in [0.05, 0.1) is 0 Å². The van der Waals surface area contributed by atoms with Crippen molar-refractivity contribution in [1.82, 2.24) is 9.97 Å². The van der Waals surface area contributed by atoms with Gasteiger partial charge in [0, 0.05) is 29.7 Å². The number of hydrogen-bond acceptors (Lipinski definition) is 0. The highest BCUT2D eigenvalue weighted by atomic mass is 14.7. The van der Waals surface area contributed by atoms with Crippen molar-refractivity contribution in [3.8, 4) is 33.6 Å². The van der Waals surface area contributed by atoms with E-state index in [-0.39, 0.29) is 0 Å². The predicted molar refractivity (Wildman–Crippen MR) is 168 cm³/mol. The summed E-state index contributed by atoms with van der Waals surface area (Å²) in [5.41, 5.74) is 10.9. The number of rotatable bonds is 17. The second-order valence-electron chi connectivity index (χ2n) is 11.7. The summed E-state index contributed by atoms with van der Waals surface area (Å²) in [5.74, 6) is 0.483. The van der Waals surface area contributed by atoms with Gasteiger partial charge in [-0.1, -0.05) is 121 Å². The highest BCUT2D eigenvalue weighted by molar-refractivity contribution is 5.83. The summed E-state index contributed by atoms with van der Waals surface area (Å²) in [6.45, 7) is 2.30. The van der Waals surface area contributed by atoms with Gasteiger partial charge in [-0.15, -0.1) is 0 Å². The fourth-order valence-electron chi connectivity index (χ4n) is 6.57. The van der Waals surface area contributed by atoms with Crippen LogP contribution in [-0.2, 0) is 0 Å². The summed E-state index contributed by atoms with van der Waals surface area (Å²) in [7, 11) is 0. The summed E-state index contributed by atoms with van der Waals surface area (Å²) in [4.78, 5) is 6.80. The average molecular weight is 521 g/mol. The van der Waals surface area contributed by atoms with Gasteiger partial charge in [-0.3, -0.25) is 0 Å². The Kier molecular flexibility index (Phi) is 10.2. The molecule has 2 nitrogen and oxygen atoms in total. The van der Waals surface area contributed by atoms with Gasteiger partial charge in [0.1, 0.15) is 0 Å². The van der Waals surface area contributed by atoms with E-state index in [1.165, 1.54) is 141 Å². The molecule has 206 valence electrons. The molecule has 0 bridgehead atoms. The zero-order valence-corrected chi connectivity index (χ0v) is 24.1. The van der Waals surface area contributed by atoms with Crippen LogP contribution in [0.4, 0.5) is 0 Å². The normalized spacial score (nSPS) is 12.6. The van der Waals surface area contributed by atoms with Crippen molar-refractivity contribution in [2.45, 2.75) is 109 Å². The first kappa shape index (κ1) is 27.6. The first-order valence-electron chi connectivity index (χ1n) is 15.9. The molecular weight excluding hydrogens is 472 g/mol. The van der Waals surface area contributed by atoms with Crippen LogP contribution in [0.15, 0.2) is 73.1 Å². The van der Waals surface area contributed by atoms with Gasteiger partial charge < -0.3 is 9.97 Å². The van der Waals surface area contributed by atoms with Gasteiger partial charge in [0.25, 0.3) is 0 Å². The highest BCUT2D eigenvalue weighted by Crippen LogP contribution is 2.49. The number of unbranched alkanes of at least 4 members (excludes halogenated alkanes) is 13. The molecule has 0 radical (unpaired) electrons. The molecule has 2 aromatic carbocycles. The van der Waals surface area contributed by atoms with Crippen molar-refractivity contribution >= 4 is 0 Å². The minimum absolute atomic E-state index is 0.483. The van der Waals surface area contributed by atoms with Crippen molar-refractivity contribution < 1.29 is 0 Å². The van der Waals surface area contributed by atoms with Gasteiger partial charge in [-0.05, 0) is 76.2 Å². The Hall–Kier alpha value is -3.00. The molecule has 4 aromatic rings. The van der Waals surface area contributed by atoms with Crippen LogP contribution in [0.2, 0.25) is 0 Å². The zero-order chi connectivity index (χ0) is 26.7. The number of benzene rings is 2. The standard InChI is InChI=1S/C37H48N2/c1-2-3-4-5-6-7-8-9-10-11-12-13-14-15-18-31-34-27-29(36-19-16-25-38-36)21-23-32(34)33-24-22-30(28-35(31)33)37-20-17-26-39-37/h16-17,19-28,31,38-39H,2-15,18H2,1H3. The number of aromatic amines is 2. The molecule has 2 aromatic heterocycles. The summed E-state index contributed by atoms with van der Waals surface area (Å²) in [6.07, 6.45) is 25.0. The lowest BCUT2D eigenvalue weighted by Crippen LogP contribution is -1.98. The molecule has 2 N–H and O–H groups in total. The molecule has 5 rings (SSSR count). The second-order valence-corrected chi connectivity index (χ2v) is 11.7. The fraction of sp³-hybridized carbons (Fsp3) is 0.459. The summed E-state index contributed by atoms with van der Waals surface area (Å²) < 4.78 is 0. The van der Waals surface area contributed by atoms with Crippen molar-refractivity contribution in [1.29, 1.82) is 0 Å². The topological polar surface area (TPSA) is 31.6 Å². The van der Waals surface area contributed by atoms with Crippen molar-refractivity contribution in [3.63, 3.8) is 0 Å². The molecule has 0 fully saturated rings. The Morgan fingerprint density at radius 1 is 0.513 bits per heavy atom. The number of nitrogens with one attached hydrogen (secondary N) is 2. The monoisotopic (exact) mass is 520 g/mol. The second kappa shape index (κ2) is 14.4. The van der Waals surface area contributed by atoms with Crippen LogP contribution in [0.25, 0.3) is 33.6 Å². The lowest BCUT2D eigenvalue weighted by Gasteiger charge is -2.15. The molecule has 2 heterocycles. The molecule has 0 amide bonds. The van der Waals surface area contributed by atoms with Crippen LogP contribution in [0, 0.1) is 0 Å². The largest absolute Gasteiger partial charge is 0.361 e. The van der Waals surface area contributed by atoms with Crippen LogP contribution in [0.1, 0.15) is 120 Å². The van der Waals surface area contributed by atoms with Crippen molar-refractivity contribution in [3.05, 3.63) is 84.2 Å². The number of hydrogen-bond donors (Lipinski definition) is 2. The van der Waals surface area contributed by atoms with E-state index in [1.54, 1.807) is 0 Å².